The van der Waals surface area contributed by atoms with Crippen LogP contribution in [0.15, 0.2) is 48.5 Å². The van der Waals surface area contributed by atoms with Crippen molar-refractivity contribution >= 4 is 34.5 Å². The molecule has 32 heavy (non-hydrogen) atoms. The number of aryl methyl sites for hydroxylation is 1. The quantitative estimate of drug-likeness (QED) is 0.484. The van der Waals surface area contributed by atoms with Crippen LogP contribution in [-0.2, 0) is 11.3 Å². The van der Waals surface area contributed by atoms with Crippen molar-refractivity contribution in [3.63, 3.8) is 0 Å². The van der Waals surface area contributed by atoms with E-state index in [9.17, 15) is 9.59 Å². The number of nitrogens with one attached hydrogen (secondary N) is 2. The third-order valence-corrected chi connectivity index (χ3v) is 5.11. The fraction of sp³-hybridized carbons (Fsp3) is 0.320. The van der Waals surface area contributed by atoms with E-state index in [1.165, 1.54) is 0 Å². The molecule has 0 spiro atoms. The number of hydrogen-bond donors (Lipinski definition) is 2. The summed E-state index contributed by atoms with van der Waals surface area (Å²) in [5, 5.41) is 7.10. The van der Waals surface area contributed by atoms with Gasteiger partial charge >= 0.3 is 6.09 Å². The normalized spacial score (nSPS) is 12.3. The number of hydrogen-bond acceptors (Lipinski definition) is 4. The molecule has 0 saturated carbocycles. The molecule has 7 heteroatoms. The zero-order valence-corrected chi connectivity index (χ0v) is 19.7. The lowest BCUT2D eigenvalue weighted by Gasteiger charge is -2.20. The van der Waals surface area contributed by atoms with Crippen LogP contribution in [-0.4, -0.2) is 22.6 Å². The summed E-state index contributed by atoms with van der Waals surface area (Å²) < 4.78 is 5.26. The van der Waals surface area contributed by atoms with Gasteiger partial charge in [-0.3, -0.25) is 4.79 Å². The number of para-hydroxylation sites is 1. The summed E-state index contributed by atoms with van der Waals surface area (Å²) in [5.41, 5.74) is 3.30. The number of ether oxygens (including phenoxy) is 1. The average molecular weight is 454 g/mol. The second-order valence-corrected chi connectivity index (χ2v) is 9.14. The predicted molar refractivity (Wildman–Crippen MR) is 127 cm³/mol. The first-order valence-corrected chi connectivity index (χ1v) is 10.8. The van der Waals surface area contributed by atoms with Crippen molar-refractivity contribution in [2.45, 2.75) is 52.8 Å². The molecule has 0 bridgehead atoms. The second-order valence-electron chi connectivity index (χ2n) is 8.75. The number of alkyl carbamates (subject to hydrolysis) is 1. The lowest BCUT2D eigenvalue weighted by molar-refractivity contribution is 0.0523. The van der Waals surface area contributed by atoms with E-state index in [0.29, 0.717) is 10.7 Å². The maximum atomic E-state index is 13.1. The van der Waals surface area contributed by atoms with E-state index >= 15 is 0 Å². The van der Waals surface area contributed by atoms with E-state index in [1.54, 1.807) is 32.9 Å². The minimum atomic E-state index is -0.571. The van der Waals surface area contributed by atoms with Crippen molar-refractivity contribution < 1.29 is 14.3 Å². The number of benzene rings is 2. The van der Waals surface area contributed by atoms with Crippen molar-refractivity contribution in [2.24, 2.45) is 0 Å². The monoisotopic (exact) mass is 453 g/mol. The molecule has 1 aromatic heterocycles. The predicted octanol–water partition coefficient (Wildman–Crippen LogP) is 5.71. The van der Waals surface area contributed by atoms with Gasteiger partial charge in [-0.2, -0.15) is 0 Å². The lowest BCUT2D eigenvalue weighted by Crippen LogP contribution is -2.32. The highest BCUT2D eigenvalue weighted by atomic mass is 35.5. The highest BCUT2D eigenvalue weighted by Crippen LogP contribution is 2.26. The number of rotatable bonds is 5. The molecule has 0 aliphatic heterocycles. The Bertz CT molecular complexity index is 1150. The number of carbonyl (C=O) groups is 2. The fourth-order valence-electron chi connectivity index (χ4n) is 3.39. The molecule has 2 aromatic carbocycles. The molecule has 0 aliphatic rings. The summed E-state index contributed by atoms with van der Waals surface area (Å²) in [7, 11) is 0. The summed E-state index contributed by atoms with van der Waals surface area (Å²) in [6, 6.07) is 14.7. The zero-order valence-electron chi connectivity index (χ0n) is 19.0. The Hall–Kier alpha value is -3.12. The van der Waals surface area contributed by atoms with Crippen molar-refractivity contribution in [1.29, 1.82) is 0 Å². The molecule has 0 radical (unpaired) electrons. The fourth-order valence-corrected chi connectivity index (χ4v) is 3.60. The van der Waals surface area contributed by atoms with Crippen LogP contribution >= 0.6 is 11.6 Å². The molecule has 2 N–H and O–H groups in total. The van der Waals surface area contributed by atoms with Crippen LogP contribution in [0, 0.1) is 6.92 Å². The largest absolute Gasteiger partial charge is 0.444 e. The Kier molecular flexibility index (Phi) is 7.04. The van der Waals surface area contributed by atoms with E-state index in [4.69, 9.17) is 16.3 Å². The first-order chi connectivity index (χ1) is 15.0. The van der Waals surface area contributed by atoms with Gasteiger partial charge in [0.15, 0.2) is 0 Å². The summed E-state index contributed by atoms with van der Waals surface area (Å²) in [5.74, 6) is -0.203. The van der Waals surface area contributed by atoms with Gasteiger partial charge in [-0.15, -0.1) is 0 Å². The summed E-state index contributed by atoms with van der Waals surface area (Å²) in [6.07, 6.45) is -0.501. The Morgan fingerprint density at radius 2 is 1.84 bits per heavy atom. The Labute approximate surface area is 193 Å². The summed E-state index contributed by atoms with van der Waals surface area (Å²) in [4.78, 5) is 29.3. The number of fused-ring (bicyclic) bond motifs is 1. The number of nitrogens with zero attached hydrogens (tertiary/aromatic N) is 1. The van der Waals surface area contributed by atoms with Crippen molar-refractivity contribution in [3.05, 3.63) is 75.9 Å². The molecular formula is C25H28ClN3O3. The SMILES string of the molecule is Cc1ccc(CNC(=O)OC(C)(C)C)cc1C(=O)NC(C)c1cc(Cl)nc2ccccc12. The van der Waals surface area contributed by atoms with Crippen LogP contribution in [0.2, 0.25) is 5.15 Å². The number of pyridine rings is 1. The zero-order chi connectivity index (χ0) is 23.5. The van der Waals surface area contributed by atoms with Crippen LogP contribution in [0.1, 0.15) is 60.8 Å². The smallest absolute Gasteiger partial charge is 0.407 e. The van der Waals surface area contributed by atoms with E-state index in [0.717, 1.165) is 27.6 Å². The van der Waals surface area contributed by atoms with Crippen LogP contribution < -0.4 is 10.6 Å². The minimum Gasteiger partial charge on any atom is -0.444 e. The van der Waals surface area contributed by atoms with E-state index in [-0.39, 0.29) is 18.5 Å². The van der Waals surface area contributed by atoms with E-state index < -0.39 is 11.7 Å². The molecule has 1 heterocycles. The van der Waals surface area contributed by atoms with Gasteiger partial charge in [0.1, 0.15) is 10.8 Å². The Balaban J connectivity index is 1.75. The van der Waals surface area contributed by atoms with Crippen molar-refractivity contribution in [2.75, 3.05) is 0 Å². The van der Waals surface area contributed by atoms with Gasteiger partial charge in [0.2, 0.25) is 0 Å². The average Bonchev–Trinajstić information content (AvgIpc) is 2.71. The molecule has 0 saturated heterocycles. The summed E-state index contributed by atoms with van der Waals surface area (Å²) in [6.45, 7) is 9.47. The number of aromatic nitrogens is 1. The van der Waals surface area contributed by atoms with Gasteiger partial charge in [-0.1, -0.05) is 41.9 Å². The van der Waals surface area contributed by atoms with Gasteiger partial charge in [0, 0.05) is 17.5 Å². The molecule has 2 amide bonds. The van der Waals surface area contributed by atoms with Crippen molar-refractivity contribution in [1.82, 2.24) is 15.6 Å². The lowest BCUT2D eigenvalue weighted by atomic mass is 10.0. The van der Waals surface area contributed by atoms with Crippen LogP contribution in [0.25, 0.3) is 10.9 Å². The van der Waals surface area contributed by atoms with Crippen LogP contribution in [0.4, 0.5) is 4.79 Å². The number of carbonyl (C=O) groups excluding carboxylic acids is 2. The van der Waals surface area contributed by atoms with Gasteiger partial charge < -0.3 is 15.4 Å². The minimum absolute atomic E-state index is 0.203. The maximum Gasteiger partial charge on any atom is 0.407 e. The third kappa shape index (κ3) is 5.98. The van der Waals surface area contributed by atoms with Gasteiger partial charge in [-0.25, -0.2) is 9.78 Å². The van der Waals surface area contributed by atoms with Gasteiger partial charge in [-0.05, 0) is 69.5 Å². The number of amides is 2. The molecule has 3 rings (SSSR count). The van der Waals surface area contributed by atoms with Gasteiger partial charge in [0.05, 0.1) is 11.6 Å². The highest BCUT2D eigenvalue weighted by Gasteiger charge is 2.18. The maximum absolute atomic E-state index is 13.1. The third-order valence-electron chi connectivity index (χ3n) is 4.91. The molecule has 0 aliphatic carbocycles. The molecule has 0 fully saturated rings. The molecule has 6 nitrogen and oxygen atoms in total. The molecule has 168 valence electrons. The highest BCUT2D eigenvalue weighted by molar-refractivity contribution is 6.30. The van der Waals surface area contributed by atoms with Crippen LogP contribution in [0.3, 0.4) is 0 Å². The van der Waals surface area contributed by atoms with Gasteiger partial charge in [0.25, 0.3) is 5.91 Å². The van der Waals surface area contributed by atoms with Crippen LogP contribution in [0.5, 0.6) is 0 Å². The topological polar surface area (TPSA) is 80.3 Å². The number of halogens is 1. The summed E-state index contributed by atoms with van der Waals surface area (Å²) >= 11 is 6.20. The first kappa shape index (κ1) is 23.5. The molecule has 1 unspecified atom stereocenters. The molecule has 1 atom stereocenters. The van der Waals surface area contributed by atoms with Crippen molar-refractivity contribution in [3.8, 4) is 0 Å². The van der Waals surface area contributed by atoms with E-state index in [1.807, 2.05) is 50.2 Å². The van der Waals surface area contributed by atoms with E-state index in [2.05, 4.69) is 15.6 Å². The first-order valence-electron chi connectivity index (χ1n) is 10.5. The molecular weight excluding hydrogens is 426 g/mol. The standard InChI is InChI=1S/C25H28ClN3O3/c1-15-10-11-17(14-27-24(31)32-25(3,4)5)12-19(15)23(30)28-16(2)20-13-22(26)29-21-9-7-6-8-18(20)21/h6-13,16H,14H2,1-5H3,(H,27,31)(H,28,30). The molecule has 3 aromatic rings. The Morgan fingerprint density at radius 3 is 2.56 bits per heavy atom. The Morgan fingerprint density at radius 1 is 1.12 bits per heavy atom. The second kappa shape index (κ2) is 9.57.